The predicted molar refractivity (Wildman–Crippen MR) is 113 cm³/mol. The molecule has 3 rings (SSSR count). The Labute approximate surface area is 171 Å². The SMILES string of the molecule is CC(=O)NC(CC(=O)N1CCN(c2cccc(C)c2)CC1)c1ccc(Cl)cc1. The van der Waals surface area contributed by atoms with Gasteiger partial charge in [-0.05, 0) is 42.3 Å². The first-order chi connectivity index (χ1) is 13.4. The van der Waals surface area contributed by atoms with Crippen LogP contribution in [0.15, 0.2) is 48.5 Å². The highest BCUT2D eigenvalue weighted by molar-refractivity contribution is 6.30. The normalized spacial score (nSPS) is 15.2. The summed E-state index contributed by atoms with van der Waals surface area (Å²) in [5.74, 6) is -0.102. The molecule has 28 heavy (non-hydrogen) atoms. The quantitative estimate of drug-likeness (QED) is 0.836. The van der Waals surface area contributed by atoms with Crippen molar-refractivity contribution in [2.75, 3.05) is 31.1 Å². The number of hydrogen-bond donors (Lipinski definition) is 1. The van der Waals surface area contributed by atoms with Gasteiger partial charge in [0, 0.05) is 43.8 Å². The number of halogens is 1. The second-order valence-electron chi connectivity index (χ2n) is 7.22. The monoisotopic (exact) mass is 399 g/mol. The average molecular weight is 400 g/mol. The van der Waals surface area contributed by atoms with Crippen molar-refractivity contribution >= 4 is 29.1 Å². The Morgan fingerprint density at radius 3 is 2.36 bits per heavy atom. The maximum atomic E-state index is 12.9. The molecule has 1 saturated heterocycles. The summed E-state index contributed by atoms with van der Waals surface area (Å²) in [4.78, 5) is 28.7. The molecule has 2 aromatic rings. The van der Waals surface area contributed by atoms with Gasteiger partial charge in [-0.15, -0.1) is 0 Å². The molecule has 1 atom stereocenters. The van der Waals surface area contributed by atoms with Crippen LogP contribution in [0.3, 0.4) is 0 Å². The Morgan fingerprint density at radius 2 is 1.75 bits per heavy atom. The van der Waals surface area contributed by atoms with Gasteiger partial charge in [0.1, 0.15) is 0 Å². The number of nitrogens with zero attached hydrogens (tertiary/aromatic N) is 2. The summed E-state index contributed by atoms with van der Waals surface area (Å²) in [7, 11) is 0. The van der Waals surface area contributed by atoms with Crippen LogP contribution in [0.25, 0.3) is 0 Å². The fourth-order valence-electron chi connectivity index (χ4n) is 3.54. The van der Waals surface area contributed by atoms with Gasteiger partial charge in [0.2, 0.25) is 11.8 Å². The lowest BCUT2D eigenvalue weighted by atomic mass is 10.0. The van der Waals surface area contributed by atoms with Crippen LogP contribution in [0.5, 0.6) is 0 Å². The molecule has 0 spiro atoms. The number of carbonyl (C=O) groups excluding carboxylic acids is 2. The molecule has 148 valence electrons. The number of hydrogen-bond acceptors (Lipinski definition) is 3. The number of anilines is 1. The number of carbonyl (C=O) groups is 2. The Morgan fingerprint density at radius 1 is 1.07 bits per heavy atom. The first kappa shape index (κ1) is 20.2. The van der Waals surface area contributed by atoms with Crippen LogP contribution in [0, 0.1) is 6.92 Å². The maximum Gasteiger partial charge on any atom is 0.225 e. The van der Waals surface area contributed by atoms with Gasteiger partial charge in [0.25, 0.3) is 0 Å². The second kappa shape index (κ2) is 9.11. The summed E-state index contributed by atoms with van der Waals surface area (Å²) in [6.45, 7) is 6.53. The van der Waals surface area contributed by atoms with E-state index in [0.717, 1.165) is 18.7 Å². The van der Waals surface area contributed by atoms with Crippen LogP contribution in [0.4, 0.5) is 5.69 Å². The highest BCUT2D eigenvalue weighted by Gasteiger charge is 2.25. The average Bonchev–Trinajstić information content (AvgIpc) is 2.68. The molecule has 1 heterocycles. The van der Waals surface area contributed by atoms with Crippen LogP contribution >= 0.6 is 11.6 Å². The van der Waals surface area contributed by atoms with Gasteiger partial charge in [-0.2, -0.15) is 0 Å². The molecular formula is C22H26ClN3O2. The molecule has 1 unspecified atom stereocenters. The molecule has 0 saturated carbocycles. The van der Waals surface area contributed by atoms with E-state index < -0.39 is 0 Å². The zero-order valence-corrected chi connectivity index (χ0v) is 17.1. The minimum atomic E-state index is -0.350. The fourth-order valence-corrected chi connectivity index (χ4v) is 3.66. The zero-order chi connectivity index (χ0) is 20.1. The van der Waals surface area contributed by atoms with E-state index in [0.29, 0.717) is 18.1 Å². The van der Waals surface area contributed by atoms with E-state index in [-0.39, 0.29) is 24.3 Å². The standard InChI is InChI=1S/C22H26ClN3O2/c1-16-4-3-5-20(14-16)25-10-12-26(13-11-25)22(28)15-21(24-17(2)27)18-6-8-19(23)9-7-18/h3-9,14,21H,10-13,15H2,1-2H3,(H,24,27). The molecule has 1 aliphatic rings. The van der Waals surface area contributed by atoms with Crippen LogP contribution in [-0.4, -0.2) is 42.9 Å². The molecule has 0 radical (unpaired) electrons. The summed E-state index contributed by atoms with van der Waals surface area (Å²) in [6, 6.07) is 15.3. The predicted octanol–water partition coefficient (Wildman–Crippen LogP) is 3.56. The van der Waals surface area contributed by atoms with E-state index in [1.165, 1.54) is 18.2 Å². The van der Waals surface area contributed by atoms with E-state index >= 15 is 0 Å². The number of nitrogens with one attached hydrogen (secondary N) is 1. The van der Waals surface area contributed by atoms with Crippen molar-refractivity contribution in [3.63, 3.8) is 0 Å². The summed E-state index contributed by atoms with van der Waals surface area (Å²) in [5.41, 5.74) is 3.31. The molecular weight excluding hydrogens is 374 g/mol. The number of aryl methyl sites for hydroxylation is 1. The molecule has 1 fully saturated rings. The molecule has 1 aliphatic heterocycles. The lowest BCUT2D eigenvalue weighted by Gasteiger charge is -2.37. The Bertz CT molecular complexity index is 830. The third-order valence-corrected chi connectivity index (χ3v) is 5.28. The maximum absolute atomic E-state index is 12.9. The van der Waals surface area contributed by atoms with Crippen molar-refractivity contribution in [2.45, 2.75) is 26.3 Å². The smallest absolute Gasteiger partial charge is 0.225 e. The van der Waals surface area contributed by atoms with E-state index in [4.69, 9.17) is 11.6 Å². The highest BCUT2D eigenvalue weighted by atomic mass is 35.5. The lowest BCUT2D eigenvalue weighted by Crippen LogP contribution is -2.49. The van der Waals surface area contributed by atoms with Gasteiger partial charge in [-0.1, -0.05) is 35.9 Å². The lowest BCUT2D eigenvalue weighted by molar-refractivity contribution is -0.132. The molecule has 0 aromatic heterocycles. The summed E-state index contributed by atoms with van der Waals surface area (Å²) in [5, 5.41) is 3.52. The van der Waals surface area contributed by atoms with Gasteiger partial charge < -0.3 is 15.1 Å². The minimum absolute atomic E-state index is 0.0533. The van der Waals surface area contributed by atoms with E-state index in [1.54, 1.807) is 12.1 Å². The summed E-state index contributed by atoms with van der Waals surface area (Å²) >= 11 is 5.96. The van der Waals surface area contributed by atoms with Crippen molar-refractivity contribution < 1.29 is 9.59 Å². The minimum Gasteiger partial charge on any atom is -0.368 e. The van der Waals surface area contributed by atoms with Crippen LogP contribution < -0.4 is 10.2 Å². The van der Waals surface area contributed by atoms with Crippen molar-refractivity contribution in [1.82, 2.24) is 10.2 Å². The van der Waals surface area contributed by atoms with Gasteiger partial charge in [0.15, 0.2) is 0 Å². The van der Waals surface area contributed by atoms with E-state index in [1.807, 2.05) is 17.0 Å². The van der Waals surface area contributed by atoms with Gasteiger partial charge >= 0.3 is 0 Å². The van der Waals surface area contributed by atoms with E-state index in [2.05, 4.69) is 41.4 Å². The largest absolute Gasteiger partial charge is 0.368 e. The summed E-state index contributed by atoms with van der Waals surface area (Å²) in [6.07, 6.45) is 0.242. The fraction of sp³-hybridized carbons (Fsp3) is 0.364. The number of amides is 2. The van der Waals surface area contributed by atoms with Gasteiger partial charge in [0.05, 0.1) is 12.5 Å². The van der Waals surface area contributed by atoms with Crippen molar-refractivity contribution in [2.24, 2.45) is 0 Å². The first-order valence-corrected chi connectivity index (χ1v) is 9.92. The van der Waals surface area contributed by atoms with Crippen LogP contribution in [0.2, 0.25) is 5.02 Å². The Hall–Kier alpha value is -2.53. The van der Waals surface area contributed by atoms with Crippen molar-refractivity contribution in [1.29, 1.82) is 0 Å². The third kappa shape index (κ3) is 5.26. The van der Waals surface area contributed by atoms with Crippen molar-refractivity contribution in [3.05, 3.63) is 64.7 Å². The Balaban J connectivity index is 1.61. The molecule has 6 heteroatoms. The Kier molecular flexibility index (Phi) is 6.57. The molecule has 2 aromatic carbocycles. The third-order valence-electron chi connectivity index (χ3n) is 5.03. The summed E-state index contributed by atoms with van der Waals surface area (Å²) < 4.78 is 0. The topological polar surface area (TPSA) is 52.7 Å². The van der Waals surface area contributed by atoms with Gasteiger partial charge in [-0.3, -0.25) is 9.59 Å². The highest BCUT2D eigenvalue weighted by Crippen LogP contribution is 2.22. The molecule has 0 aliphatic carbocycles. The molecule has 5 nitrogen and oxygen atoms in total. The first-order valence-electron chi connectivity index (χ1n) is 9.54. The molecule has 2 amide bonds. The molecule has 1 N–H and O–H groups in total. The second-order valence-corrected chi connectivity index (χ2v) is 7.65. The van der Waals surface area contributed by atoms with Crippen molar-refractivity contribution in [3.8, 4) is 0 Å². The van der Waals surface area contributed by atoms with Gasteiger partial charge in [-0.25, -0.2) is 0 Å². The van der Waals surface area contributed by atoms with Crippen LogP contribution in [0.1, 0.15) is 30.5 Å². The molecule has 0 bridgehead atoms. The van der Waals surface area contributed by atoms with Crippen LogP contribution in [-0.2, 0) is 9.59 Å². The number of piperazine rings is 1. The number of benzene rings is 2. The van der Waals surface area contributed by atoms with E-state index in [9.17, 15) is 9.59 Å². The number of rotatable bonds is 5. The zero-order valence-electron chi connectivity index (χ0n) is 16.3.